The molecule has 0 N–H and O–H groups in total. The molecule has 1 aliphatic heterocycles. The number of amides is 2. The van der Waals surface area contributed by atoms with Gasteiger partial charge in [-0.05, 0) is 47.8 Å². The second-order valence-corrected chi connectivity index (χ2v) is 7.39. The van der Waals surface area contributed by atoms with Gasteiger partial charge < -0.3 is 9.80 Å². The topological polar surface area (TPSA) is 40.6 Å². The lowest BCUT2D eigenvalue weighted by Crippen LogP contribution is -2.48. The smallest absolute Gasteiger partial charge is 0.286 e. The molecule has 6 heteroatoms. The number of benzene rings is 2. The Morgan fingerprint density at radius 2 is 0.958 bits per heavy atom. The summed E-state index contributed by atoms with van der Waals surface area (Å²) in [5, 5.41) is 0.0908. The normalized spacial score (nSPS) is 14.5. The third-order valence-corrected chi connectivity index (χ3v) is 5.57. The van der Waals surface area contributed by atoms with Crippen molar-refractivity contribution in [3.05, 3.63) is 60.7 Å². The van der Waals surface area contributed by atoms with Crippen LogP contribution in [0, 0.1) is 0 Å². The fourth-order valence-electron chi connectivity index (χ4n) is 2.38. The zero-order valence-electron chi connectivity index (χ0n) is 13.1. The average Bonchev–Trinajstić information content (AvgIpc) is 2.63. The standard InChI is InChI=1S/C18H18N2O2S2/c21-17(23-15-7-3-1-4-8-15)19-11-13-20(14-12-19)18(22)24-16-9-5-2-6-10-16/h1-10H,11-14H2. The zero-order valence-corrected chi connectivity index (χ0v) is 14.8. The van der Waals surface area contributed by atoms with Gasteiger partial charge >= 0.3 is 0 Å². The fourth-order valence-corrected chi connectivity index (χ4v) is 3.99. The average molecular weight is 358 g/mol. The van der Waals surface area contributed by atoms with E-state index in [1.165, 1.54) is 23.5 Å². The quantitative estimate of drug-likeness (QED) is 0.745. The molecular weight excluding hydrogens is 340 g/mol. The number of carbonyl (C=O) groups is 2. The number of hydrogen-bond acceptors (Lipinski definition) is 4. The number of nitrogens with zero attached hydrogens (tertiary/aromatic N) is 2. The van der Waals surface area contributed by atoms with Gasteiger partial charge in [-0.1, -0.05) is 36.4 Å². The Labute approximate surface area is 150 Å². The van der Waals surface area contributed by atoms with E-state index in [1.807, 2.05) is 70.5 Å². The van der Waals surface area contributed by atoms with Crippen LogP contribution in [0.4, 0.5) is 9.59 Å². The summed E-state index contributed by atoms with van der Waals surface area (Å²) >= 11 is 2.48. The predicted octanol–water partition coefficient (Wildman–Crippen LogP) is 4.43. The van der Waals surface area contributed by atoms with Crippen LogP contribution in [-0.4, -0.2) is 46.5 Å². The van der Waals surface area contributed by atoms with Crippen molar-refractivity contribution in [3.8, 4) is 0 Å². The molecule has 0 bridgehead atoms. The number of carbonyl (C=O) groups excluding carboxylic acids is 2. The Hall–Kier alpha value is -1.92. The summed E-state index contributed by atoms with van der Waals surface area (Å²) in [4.78, 5) is 30.1. The van der Waals surface area contributed by atoms with E-state index in [0.717, 1.165) is 9.79 Å². The van der Waals surface area contributed by atoms with Crippen LogP contribution in [-0.2, 0) is 0 Å². The SMILES string of the molecule is O=C(Sc1ccccc1)N1CCN(C(=O)Sc2ccccc2)CC1. The fraction of sp³-hybridized carbons (Fsp3) is 0.222. The van der Waals surface area contributed by atoms with E-state index in [4.69, 9.17) is 0 Å². The molecule has 2 aromatic carbocycles. The van der Waals surface area contributed by atoms with E-state index in [9.17, 15) is 9.59 Å². The number of rotatable bonds is 2. The highest BCUT2D eigenvalue weighted by molar-refractivity contribution is 8.13. The Balaban J connectivity index is 1.48. The summed E-state index contributed by atoms with van der Waals surface area (Å²) in [5.74, 6) is 0. The van der Waals surface area contributed by atoms with Crippen molar-refractivity contribution in [3.63, 3.8) is 0 Å². The monoisotopic (exact) mass is 358 g/mol. The minimum atomic E-state index is 0.0454. The van der Waals surface area contributed by atoms with Crippen molar-refractivity contribution in [1.82, 2.24) is 9.80 Å². The molecule has 1 heterocycles. The van der Waals surface area contributed by atoms with Crippen LogP contribution >= 0.6 is 23.5 Å². The molecule has 0 saturated carbocycles. The van der Waals surface area contributed by atoms with E-state index in [0.29, 0.717) is 26.2 Å². The van der Waals surface area contributed by atoms with E-state index >= 15 is 0 Å². The highest BCUT2D eigenvalue weighted by atomic mass is 32.2. The van der Waals surface area contributed by atoms with Gasteiger partial charge in [-0.15, -0.1) is 0 Å². The maximum atomic E-state index is 12.3. The molecular formula is C18H18N2O2S2. The van der Waals surface area contributed by atoms with Crippen molar-refractivity contribution in [2.45, 2.75) is 9.79 Å². The molecule has 4 nitrogen and oxygen atoms in total. The first-order chi connectivity index (χ1) is 11.7. The minimum absolute atomic E-state index is 0.0454. The lowest BCUT2D eigenvalue weighted by atomic mass is 10.3. The molecule has 24 heavy (non-hydrogen) atoms. The molecule has 1 aliphatic rings. The van der Waals surface area contributed by atoms with Gasteiger partial charge in [-0.3, -0.25) is 9.59 Å². The Kier molecular flexibility index (Phi) is 5.82. The maximum absolute atomic E-state index is 12.3. The van der Waals surface area contributed by atoms with Crippen LogP contribution in [0.5, 0.6) is 0 Å². The van der Waals surface area contributed by atoms with Gasteiger partial charge in [0.2, 0.25) is 0 Å². The predicted molar refractivity (Wildman–Crippen MR) is 98.5 cm³/mol. The van der Waals surface area contributed by atoms with E-state index < -0.39 is 0 Å². The summed E-state index contributed by atoms with van der Waals surface area (Å²) in [7, 11) is 0. The summed E-state index contributed by atoms with van der Waals surface area (Å²) < 4.78 is 0. The van der Waals surface area contributed by atoms with Gasteiger partial charge in [-0.25, -0.2) is 0 Å². The van der Waals surface area contributed by atoms with Crippen LogP contribution in [0.3, 0.4) is 0 Å². The summed E-state index contributed by atoms with van der Waals surface area (Å²) in [5.41, 5.74) is 0. The van der Waals surface area contributed by atoms with E-state index in [2.05, 4.69) is 0 Å². The molecule has 0 aromatic heterocycles. The van der Waals surface area contributed by atoms with Gasteiger partial charge in [0.25, 0.3) is 10.5 Å². The molecule has 3 rings (SSSR count). The highest BCUT2D eigenvalue weighted by Gasteiger charge is 2.25. The van der Waals surface area contributed by atoms with E-state index in [-0.39, 0.29) is 10.5 Å². The summed E-state index contributed by atoms with van der Waals surface area (Å²) in [6.45, 7) is 2.33. The maximum Gasteiger partial charge on any atom is 0.286 e. The summed E-state index contributed by atoms with van der Waals surface area (Å²) in [6, 6.07) is 19.3. The minimum Gasteiger partial charge on any atom is -0.330 e. The first kappa shape index (κ1) is 16.9. The third-order valence-electron chi connectivity index (χ3n) is 3.69. The van der Waals surface area contributed by atoms with Crippen LogP contribution in [0.15, 0.2) is 70.5 Å². The largest absolute Gasteiger partial charge is 0.330 e. The van der Waals surface area contributed by atoms with Gasteiger partial charge in [-0.2, -0.15) is 0 Å². The van der Waals surface area contributed by atoms with Gasteiger partial charge in [0.1, 0.15) is 0 Å². The van der Waals surface area contributed by atoms with Crippen molar-refractivity contribution in [2.24, 2.45) is 0 Å². The molecule has 124 valence electrons. The van der Waals surface area contributed by atoms with Crippen molar-refractivity contribution >= 4 is 34.0 Å². The van der Waals surface area contributed by atoms with Crippen molar-refractivity contribution < 1.29 is 9.59 Å². The highest BCUT2D eigenvalue weighted by Crippen LogP contribution is 2.24. The molecule has 0 radical (unpaired) electrons. The van der Waals surface area contributed by atoms with Gasteiger partial charge in [0.05, 0.1) is 0 Å². The molecule has 0 atom stereocenters. The number of thioether (sulfide) groups is 2. The van der Waals surface area contributed by atoms with Crippen LogP contribution in [0.2, 0.25) is 0 Å². The molecule has 1 saturated heterocycles. The van der Waals surface area contributed by atoms with E-state index in [1.54, 1.807) is 0 Å². The lowest BCUT2D eigenvalue weighted by Gasteiger charge is -2.34. The van der Waals surface area contributed by atoms with Gasteiger partial charge in [0, 0.05) is 36.0 Å². The van der Waals surface area contributed by atoms with Crippen LogP contribution in [0.1, 0.15) is 0 Å². The molecule has 0 spiro atoms. The van der Waals surface area contributed by atoms with Crippen molar-refractivity contribution in [2.75, 3.05) is 26.2 Å². The van der Waals surface area contributed by atoms with Crippen molar-refractivity contribution in [1.29, 1.82) is 0 Å². The lowest BCUT2D eigenvalue weighted by molar-refractivity contribution is 0.168. The van der Waals surface area contributed by atoms with Gasteiger partial charge in [0.15, 0.2) is 0 Å². The second kappa shape index (κ2) is 8.26. The molecule has 0 unspecified atom stereocenters. The Bertz CT molecular complexity index is 625. The first-order valence-electron chi connectivity index (χ1n) is 7.76. The molecule has 0 aliphatic carbocycles. The second-order valence-electron chi connectivity index (χ2n) is 5.34. The number of piperazine rings is 1. The molecule has 2 amide bonds. The first-order valence-corrected chi connectivity index (χ1v) is 9.39. The zero-order chi connectivity index (χ0) is 16.8. The van der Waals surface area contributed by atoms with Crippen LogP contribution in [0.25, 0.3) is 0 Å². The van der Waals surface area contributed by atoms with Crippen LogP contribution < -0.4 is 0 Å². The molecule has 2 aromatic rings. The number of hydrogen-bond donors (Lipinski definition) is 0. The third kappa shape index (κ3) is 4.55. The molecule has 1 fully saturated rings. The Morgan fingerprint density at radius 1 is 0.625 bits per heavy atom. The summed E-state index contributed by atoms with van der Waals surface area (Å²) in [6.07, 6.45) is 0. The Morgan fingerprint density at radius 3 is 1.29 bits per heavy atom.